The lowest BCUT2D eigenvalue weighted by molar-refractivity contribution is -0.116. The lowest BCUT2D eigenvalue weighted by atomic mass is 10.2. The lowest BCUT2D eigenvalue weighted by Gasteiger charge is -2.00. The minimum absolute atomic E-state index is 0.00791. The summed E-state index contributed by atoms with van der Waals surface area (Å²) in [6.45, 7) is 0. The molecule has 0 fully saturated rings. The quantitative estimate of drug-likeness (QED) is 0.675. The maximum atomic E-state index is 11.9. The van der Waals surface area contributed by atoms with Gasteiger partial charge in [0.2, 0.25) is 5.91 Å². The van der Waals surface area contributed by atoms with Gasteiger partial charge in [-0.1, -0.05) is 12.1 Å². The Kier molecular flexibility index (Phi) is 4.45. The van der Waals surface area contributed by atoms with Gasteiger partial charge in [0, 0.05) is 18.9 Å². The van der Waals surface area contributed by atoms with Crippen LogP contribution in [0.15, 0.2) is 41.1 Å². The maximum Gasteiger partial charge on any atom is 0.226 e. The predicted octanol–water partition coefficient (Wildman–Crippen LogP) is 3.80. The smallest absolute Gasteiger partial charge is 0.226 e. The van der Waals surface area contributed by atoms with Gasteiger partial charge in [-0.3, -0.25) is 14.7 Å². The number of rotatable bonds is 6. The number of aromatic nitrogens is 2. The molecule has 112 valence electrons. The summed E-state index contributed by atoms with van der Waals surface area (Å²) < 4.78 is 0. The van der Waals surface area contributed by atoms with E-state index < -0.39 is 0 Å². The number of anilines is 1. The molecule has 0 saturated heterocycles. The molecule has 22 heavy (non-hydrogen) atoms. The largest absolute Gasteiger partial charge is 0.309 e. The fraction of sp³-hybridized carbons (Fsp3) is 0.133. The van der Waals surface area contributed by atoms with Crippen LogP contribution in [0.1, 0.15) is 22.5 Å². The van der Waals surface area contributed by atoms with Gasteiger partial charge in [-0.25, -0.2) is 0 Å². The first-order chi connectivity index (χ1) is 10.7. The third kappa shape index (κ3) is 3.49. The summed E-state index contributed by atoms with van der Waals surface area (Å²) in [7, 11) is 0. The van der Waals surface area contributed by atoms with Crippen LogP contribution in [-0.2, 0) is 4.79 Å². The van der Waals surface area contributed by atoms with Crippen LogP contribution in [0.2, 0.25) is 0 Å². The Labute approximate surface area is 135 Å². The third-order valence-electron chi connectivity index (χ3n) is 3.01. The number of thiophene rings is 2. The molecule has 5 nitrogen and oxygen atoms in total. The number of H-pyrrole nitrogens is 1. The maximum absolute atomic E-state index is 11.9. The van der Waals surface area contributed by atoms with E-state index >= 15 is 0 Å². The van der Waals surface area contributed by atoms with Crippen molar-refractivity contribution in [3.05, 3.63) is 46.0 Å². The molecule has 2 N–H and O–H groups in total. The molecule has 0 aliphatic rings. The van der Waals surface area contributed by atoms with Crippen LogP contribution < -0.4 is 5.32 Å². The number of carbonyl (C=O) groups excluding carboxylic acids is 2. The van der Waals surface area contributed by atoms with E-state index in [0.29, 0.717) is 10.7 Å². The topological polar surface area (TPSA) is 74.8 Å². The van der Waals surface area contributed by atoms with Crippen LogP contribution in [0, 0.1) is 0 Å². The average Bonchev–Trinajstić information content (AvgIpc) is 3.23. The van der Waals surface area contributed by atoms with Crippen molar-refractivity contribution in [2.24, 2.45) is 0 Å². The Hall–Kier alpha value is -2.25. The Bertz CT molecular complexity index is 761. The summed E-state index contributed by atoms with van der Waals surface area (Å²) in [5, 5.41) is 13.5. The molecule has 3 aromatic heterocycles. The highest BCUT2D eigenvalue weighted by atomic mass is 32.1. The van der Waals surface area contributed by atoms with Gasteiger partial charge < -0.3 is 5.32 Å². The van der Waals surface area contributed by atoms with E-state index in [-0.39, 0.29) is 24.5 Å². The highest BCUT2D eigenvalue weighted by Gasteiger charge is 2.12. The van der Waals surface area contributed by atoms with E-state index in [0.717, 1.165) is 10.6 Å². The molecule has 1 amide bonds. The standard InChI is InChI=1S/C15H13N3O2S2/c19-11(13-4-2-8-22-13)5-6-15(20)16-14-9-10(17-18-14)12-3-1-7-21-12/h1-4,7-9H,5-6H2,(H2,16,17,18,20). The number of aromatic amines is 1. The van der Waals surface area contributed by atoms with Gasteiger partial charge in [-0.15, -0.1) is 22.7 Å². The molecule has 0 unspecified atom stereocenters. The molecule has 3 heterocycles. The first-order valence-corrected chi connectivity index (χ1v) is 8.44. The minimum atomic E-state index is -0.214. The second-order valence-electron chi connectivity index (χ2n) is 4.59. The number of hydrogen-bond acceptors (Lipinski definition) is 5. The Morgan fingerprint density at radius 3 is 2.68 bits per heavy atom. The first-order valence-electron chi connectivity index (χ1n) is 6.68. The summed E-state index contributed by atoms with van der Waals surface area (Å²) in [5.74, 6) is 0.248. The van der Waals surface area contributed by atoms with Crippen molar-refractivity contribution in [2.45, 2.75) is 12.8 Å². The molecular formula is C15H13N3O2S2. The zero-order chi connectivity index (χ0) is 15.4. The monoisotopic (exact) mass is 331 g/mol. The van der Waals surface area contributed by atoms with Crippen molar-refractivity contribution in [2.75, 3.05) is 5.32 Å². The SMILES string of the molecule is O=C(CCC(=O)c1cccs1)Nc1cc(-c2cccs2)[nH]n1. The number of nitrogens with zero attached hydrogens (tertiary/aromatic N) is 1. The molecule has 0 atom stereocenters. The number of carbonyl (C=O) groups is 2. The lowest BCUT2D eigenvalue weighted by Crippen LogP contribution is -2.13. The molecular weight excluding hydrogens is 318 g/mol. The van der Waals surface area contributed by atoms with E-state index in [4.69, 9.17) is 0 Å². The highest BCUT2D eigenvalue weighted by molar-refractivity contribution is 7.13. The van der Waals surface area contributed by atoms with Crippen molar-refractivity contribution in [1.82, 2.24) is 10.2 Å². The molecule has 0 aliphatic heterocycles. The molecule has 7 heteroatoms. The molecule has 0 aromatic carbocycles. The fourth-order valence-corrected chi connectivity index (χ4v) is 3.32. The second kappa shape index (κ2) is 6.67. The van der Waals surface area contributed by atoms with Gasteiger partial charge in [0.25, 0.3) is 0 Å². The molecule has 0 radical (unpaired) electrons. The van der Waals surface area contributed by atoms with E-state index in [1.165, 1.54) is 11.3 Å². The van der Waals surface area contributed by atoms with Crippen LogP contribution in [0.4, 0.5) is 5.82 Å². The third-order valence-corrected chi connectivity index (χ3v) is 4.82. The number of nitrogens with one attached hydrogen (secondary N) is 2. The highest BCUT2D eigenvalue weighted by Crippen LogP contribution is 2.24. The Morgan fingerprint density at radius 2 is 1.95 bits per heavy atom. The van der Waals surface area contributed by atoms with E-state index in [1.54, 1.807) is 23.5 Å². The number of ketones is 1. The van der Waals surface area contributed by atoms with Gasteiger partial charge in [0.15, 0.2) is 11.6 Å². The normalized spacial score (nSPS) is 10.5. The van der Waals surface area contributed by atoms with Crippen LogP contribution in [0.3, 0.4) is 0 Å². The van der Waals surface area contributed by atoms with Crippen molar-refractivity contribution in [1.29, 1.82) is 0 Å². The molecule has 3 rings (SSSR count). The minimum Gasteiger partial charge on any atom is -0.309 e. The van der Waals surface area contributed by atoms with Crippen LogP contribution >= 0.6 is 22.7 Å². The predicted molar refractivity (Wildman–Crippen MR) is 88.4 cm³/mol. The molecule has 3 aromatic rings. The molecule has 0 saturated carbocycles. The van der Waals surface area contributed by atoms with E-state index in [2.05, 4.69) is 15.5 Å². The molecule has 0 aliphatic carbocycles. The van der Waals surface area contributed by atoms with Crippen molar-refractivity contribution < 1.29 is 9.59 Å². The van der Waals surface area contributed by atoms with Crippen molar-refractivity contribution in [3.63, 3.8) is 0 Å². The van der Waals surface area contributed by atoms with Gasteiger partial charge in [0.1, 0.15) is 0 Å². The van der Waals surface area contributed by atoms with Crippen molar-refractivity contribution >= 4 is 40.2 Å². The summed E-state index contributed by atoms with van der Waals surface area (Å²) >= 11 is 2.98. The van der Waals surface area contributed by atoms with Gasteiger partial charge >= 0.3 is 0 Å². The van der Waals surface area contributed by atoms with Crippen molar-refractivity contribution in [3.8, 4) is 10.6 Å². The van der Waals surface area contributed by atoms with E-state index in [9.17, 15) is 9.59 Å². The van der Waals surface area contributed by atoms with Crippen LogP contribution in [-0.4, -0.2) is 21.9 Å². The number of Topliss-reactive ketones (excluding diaryl/α,β-unsaturated/α-hetero) is 1. The molecule has 0 bridgehead atoms. The Balaban J connectivity index is 1.53. The second-order valence-corrected chi connectivity index (χ2v) is 6.49. The summed E-state index contributed by atoms with van der Waals surface area (Å²) in [6, 6.07) is 9.31. The number of hydrogen-bond donors (Lipinski definition) is 2. The van der Waals surface area contributed by atoms with Gasteiger partial charge in [-0.05, 0) is 22.9 Å². The summed E-state index contributed by atoms with van der Waals surface area (Å²) in [5.41, 5.74) is 0.861. The van der Waals surface area contributed by atoms with Crippen LogP contribution in [0.5, 0.6) is 0 Å². The van der Waals surface area contributed by atoms with Gasteiger partial charge in [0.05, 0.1) is 15.4 Å². The molecule has 0 spiro atoms. The fourth-order valence-electron chi connectivity index (χ4n) is 1.94. The summed E-state index contributed by atoms with van der Waals surface area (Å²) in [6.07, 6.45) is 0.354. The zero-order valence-electron chi connectivity index (χ0n) is 11.5. The Morgan fingerprint density at radius 1 is 1.14 bits per heavy atom. The van der Waals surface area contributed by atoms with Gasteiger partial charge in [-0.2, -0.15) is 5.10 Å². The zero-order valence-corrected chi connectivity index (χ0v) is 13.2. The summed E-state index contributed by atoms with van der Waals surface area (Å²) in [4.78, 5) is 25.4. The average molecular weight is 331 g/mol. The van der Waals surface area contributed by atoms with E-state index in [1.807, 2.05) is 29.0 Å². The first kappa shape index (κ1) is 14.7. The van der Waals surface area contributed by atoms with Crippen LogP contribution in [0.25, 0.3) is 10.6 Å². The number of amides is 1.